The second-order valence-corrected chi connectivity index (χ2v) is 6.19. The van der Waals surface area contributed by atoms with Gasteiger partial charge in [-0.05, 0) is 22.9 Å². The number of rotatable bonds is 5. The maximum Gasteiger partial charge on any atom is 0.273 e. The number of aromatic hydroxyl groups is 1. The van der Waals surface area contributed by atoms with Crippen LogP contribution in [0.2, 0.25) is 0 Å². The van der Waals surface area contributed by atoms with Gasteiger partial charge in [0, 0.05) is 19.4 Å². The molecule has 0 radical (unpaired) electrons. The molecule has 0 aliphatic carbocycles. The summed E-state index contributed by atoms with van der Waals surface area (Å²) in [5.41, 5.74) is 5.15. The van der Waals surface area contributed by atoms with E-state index in [0.717, 1.165) is 4.80 Å². The summed E-state index contributed by atoms with van der Waals surface area (Å²) in [5.74, 6) is -1.85. The Labute approximate surface area is 174 Å². The van der Waals surface area contributed by atoms with Gasteiger partial charge < -0.3 is 16.2 Å². The number of fused-ring (bicyclic) bond motifs is 1. The molecule has 12 heteroatoms. The number of phenols is 1. The molecule has 2 aromatic heterocycles. The molecule has 0 atom stereocenters. The Hall–Kier alpha value is -4.74. The van der Waals surface area contributed by atoms with Crippen molar-refractivity contribution >= 4 is 34.1 Å². The lowest BCUT2D eigenvalue weighted by Crippen LogP contribution is -2.18. The van der Waals surface area contributed by atoms with Crippen LogP contribution in [0, 0.1) is 0 Å². The van der Waals surface area contributed by atoms with Crippen LogP contribution in [0.25, 0.3) is 16.7 Å². The van der Waals surface area contributed by atoms with Gasteiger partial charge in [-0.25, -0.2) is 9.97 Å². The monoisotopic (exact) mass is 417 g/mol. The van der Waals surface area contributed by atoms with E-state index < -0.39 is 11.8 Å². The van der Waals surface area contributed by atoms with E-state index in [0.29, 0.717) is 10.8 Å². The number of benzene rings is 2. The van der Waals surface area contributed by atoms with E-state index in [1.807, 2.05) is 0 Å². The van der Waals surface area contributed by atoms with E-state index in [2.05, 4.69) is 35.7 Å². The highest BCUT2D eigenvalue weighted by molar-refractivity contribution is 6.11. The van der Waals surface area contributed by atoms with Gasteiger partial charge in [0.25, 0.3) is 17.8 Å². The first-order valence-corrected chi connectivity index (χ1v) is 8.92. The molecule has 0 saturated heterocycles. The number of hydrogen-bond acceptors (Lipinski definition) is 9. The molecule has 2 aromatic carbocycles. The first kappa shape index (κ1) is 19.6. The van der Waals surface area contributed by atoms with Crippen molar-refractivity contribution in [1.29, 1.82) is 0 Å². The number of primary amides is 1. The van der Waals surface area contributed by atoms with Crippen molar-refractivity contribution in [3.63, 3.8) is 0 Å². The molecule has 154 valence electrons. The third-order valence-corrected chi connectivity index (χ3v) is 4.27. The topological polar surface area (TPSA) is 174 Å². The molecule has 12 nitrogen and oxygen atoms in total. The number of nitrogens with one attached hydrogen (secondary N) is 1. The maximum atomic E-state index is 12.3. The molecule has 0 saturated carbocycles. The highest BCUT2D eigenvalue weighted by Gasteiger charge is 2.20. The molecule has 0 aliphatic heterocycles. The van der Waals surface area contributed by atoms with Gasteiger partial charge in [-0.15, -0.1) is 25.2 Å². The number of azo groups is 1. The van der Waals surface area contributed by atoms with Gasteiger partial charge in [0.1, 0.15) is 5.69 Å². The Balaban J connectivity index is 1.82. The van der Waals surface area contributed by atoms with Crippen molar-refractivity contribution in [2.45, 2.75) is 0 Å². The molecule has 2 amide bonds. The zero-order chi connectivity index (χ0) is 22.0. The second kappa shape index (κ2) is 7.94. The van der Waals surface area contributed by atoms with Crippen molar-refractivity contribution < 1.29 is 14.7 Å². The fourth-order valence-corrected chi connectivity index (χ4v) is 2.86. The number of nitrogens with zero attached hydrogens (tertiary/aromatic N) is 7. The fourth-order valence-electron chi connectivity index (χ4n) is 2.86. The third-order valence-electron chi connectivity index (χ3n) is 4.27. The molecule has 2 heterocycles. The number of aromatic nitrogens is 5. The minimum absolute atomic E-state index is 0.00164. The summed E-state index contributed by atoms with van der Waals surface area (Å²) in [4.78, 5) is 33.1. The Bertz CT molecular complexity index is 1330. The van der Waals surface area contributed by atoms with Crippen molar-refractivity contribution in [3.8, 4) is 11.7 Å². The minimum atomic E-state index is -0.884. The average molecular weight is 417 g/mol. The van der Waals surface area contributed by atoms with Crippen LogP contribution in [0.15, 0.2) is 59.0 Å². The number of phenolic OH excluding ortho intramolecular Hbond substituents is 1. The largest absolute Gasteiger partial charge is 0.505 e. The first-order chi connectivity index (χ1) is 15.0. The summed E-state index contributed by atoms with van der Waals surface area (Å²) < 4.78 is 0. The Kier molecular flexibility index (Phi) is 5.02. The third kappa shape index (κ3) is 3.64. The van der Waals surface area contributed by atoms with Crippen molar-refractivity contribution in [2.75, 3.05) is 7.05 Å². The minimum Gasteiger partial charge on any atom is -0.505 e. The van der Waals surface area contributed by atoms with Crippen LogP contribution in [-0.4, -0.2) is 48.9 Å². The number of hydrogen-bond donors (Lipinski definition) is 3. The summed E-state index contributed by atoms with van der Waals surface area (Å²) >= 11 is 0. The molecular weight excluding hydrogens is 402 g/mol. The van der Waals surface area contributed by atoms with Gasteiger partial charge in [0.05, 0.1) is 5.56 Å². The van der Waals surface area contributed by atoms with Crippen LogP contribution in [0.4, 0.5) is 11.5 Å². The molecular formula is C19H15N9O3. The van der Waals surface area contributed by atoms with Gasteiger partial charge in [-0.3, -0.25) is 9.59 Å². The summed E-state index contributed by atoms with van der Waals surface area (Å²) in [6.07, 6.45) is 2.95. The summed E-state index contributed by atoms with van der Waals surface area (Å²) in [5, 5.41) is 30.2. The number of carbonyl (C=O) groups is 2. The smallest absolute Gasteiger partial charge is 0.273 e. The molecule has 0 unspecified atom stereocenters. The fraction of sp³-hybridized carbons (Fsp3) is 0.0526. The average Bonchev–Trinajstić information content (AvgIpc) is 3.22. The normalized spacial score (nSPS) is 11.1. The van der Waals surface area contributed by atoms with Gasteiger partial charge in [-0.2, -0.15) is 0 Å². The molecule has 4 N–H and O–H groups in total. The van der Waals surface area contributed by atoms with Gasteiger partial charge in [-0.1, -0.05) is 24.3 Å². The Morgan fingerprint density at radius 1 is 1.10 bits per heavy atom. The highest BCUT2D eigenvalue weighted by atomic mass is 16.3. The molecule has 0 aliphatic rings. The Morgan fingerprint density at radius 2 is 1.84 bits per heavy atom. The van der Waals surface area contributed by atoms with E-state index >= 15 is 0 Å². The van der Waals surface area contributed by atoms with E-state index in [1.165, 1.54) is 19.4 Å². The SMILES string of the molecule is CNC(=O)c1c(O)c(/N=N/c2nn(-c3ncccn3)nc2C(N)=O)cc2ccccc12. The summed E-state index contributed by atoms with van der Waals surface area (Å²) in [6, 6.07) is 10.2. The van der Waals surface area contributed by atoms with E-state index in [-0.39, 0.29) is 34.5 Å². The zero-order valence-corrected chi connectivity index (χ0v) is 16.1. The van der Waals surface area contributed by atoms with E-state index in [4.69, 9.17) is 5.73 Å². The lowest BCUT2D eigenvalue weighted by Gasteiger charge is -2.09. The molecule has 4 aromatic rings. The van der Waals surface area contributed by atoms with Crippen LogP contribution in [0.1, 0.15) is 20.8 Å². The van der Waals surface area contributed by atoms with Crippen LogP contribution < -0.4 is 11.1 Å². The number of amides is 2. The molecule has 0 fully saturated rings. The van der Waals surface area contributed by atoms with Gasteiger partial charge >= 0.3 is 0 Å². The van der Waals surface area contributed by atoms with Crippen molar-refractivity contribution in [3.05, 3.63) is 60.0 Å². The summed E-state index contributed by atoms with van der Waals surface area (Å²) in [7, 11) is 1.45. The van der Waals surface area contributed by atoms with Crippen molar-refractivity contribution in [2.24, 2.45) is 16.0 Å². The van der Waals surface area contributed by atoms with E-state index in [9.17, 15) is 14.7 Å². The maximum absolute atomic E-state index is 12.3. The van der Waals surface area contributed by atoms with Crippen LogP contribution >= 0.6 is 0 Å². The van der Waals surface area contributed by atoms with Crippen LogP contribution in [0.5, 0.6) is 5.75 Å². The molecule has 31 heavy (non-hydrogen) atoms. The van der Waals surface area contributed by atoms with Crippen LogP contribution in [0.3, 0.4) is 0 Å². The summed E-state index contributed by atoms with van der Waals surface area (Å²) in [6.45, 7) is 0. The lowest BCUT2D eigenvalue weighted by atomic mass is 10.0. The van der Waals surface area contributed by atoms with E-state index in [1.54, 1.807) is 36.4 Å². The van der Waals surface area contributed by atoms with Gasteiger partial charge in [0.2, 0.25) is 5.82 Å². The lowest BCUT2D eigenvalue weighted by molar-refractivity contribution is 0.0960. The Morgan fingerprint density at radius 3 is 2.55 bits per heavy atom. The predicted octanol–water partition coefficient (Wildman–Crippen LogP) is 1.79. The van der Waals surface area contributed by atoms with Crippen LogP contribution in [-0.2, 0) is 0 Å². The first-order valence-electron chi connectivity index (χ1n) is 8.92. The highest BCUT2D eigenvalue weighted by Crippen LogP contribution is 2.37. The second-order valence-electron chi connectivity index (χ2n) is 6.19. The molecule has 0 bridgehead atoms. The number of nitrogens with two attached hydrogens (primary N) is 1. The standard InChI is InChI=1S/C19H15N9O3/c1-21-18(31)13-11-6-3-2-5-10(11)9-12(15(13)29)24-25-17-14(16(20)30)26-28(27-17)19-22-7-4-8-23-19/h2-9,29H,1H3,(H2,20,30)(H,21,31)/b25-24+. The molecule has 4 rings (SSSR count). The zero-order valence-electron chi connectivity index (χ0n) is 16.1. The van der Waals surface area contributed by atoms with Crippen molar-refractivity contribution in [1.82, 2.24) is 30.3 Å². The predicted molar refractivity (Wildman–Crippen MR) is 109 cm³/mol. The number of carbonyl (C=O) groups excluding carboxylic acids is 2. The molecule has 0 spiro atoms. The van der Waals surface area contributed by atoms with Gasteiger partial charge in [0.15, 0.2) is 11.4 Å². The quantitative estimate of drug-likeness (QED) is 0.415.